The summed E-state index contributed by atoms with van der Waals surface area (Å²) in [4.78, 5) is 0. The van der Waals surface area contributed by atoms with Crippen molar-refractivity contribution in [3.63, 3.8) is 0 Å². The van der Waals surface area contributed by atoms with Gasteiger partial charge >= 0.3 is 0 Å². The zero-order valence-corrected chi connectivity index (χ0v) is 8.36. The maximum atomic E-state index is 2.33. The van der Waals surface area contributed by atoms with Crippen LogP contribution >= 0.6 is 0 Å². The first-order chi connectivity index (χ1) is 4.39. The fraction of sp³-hybridized carbons (Fsp3) is 1.00. The van der Waals surface area contributed by atoms with E-state index in [1.54, 1.807) is 0 Å². The third kappa shape index (κ3) is 2.72. The van der Waals surface area contributed by atoms with Gasteiger partial charge in [0, 0.05) is 0 Å². The molecule has 1 atom stereocenters. The van der Waals surface area contributed by atoms with Crippen LogP contribution in [0.3, 0.4) is 0 Å². The van der Waals surface area contributed by atoms with Crippen molar-refractivity contribution in [3.05, 3.63) is 0 Å². The lowest BCUT2D eigenvalue weighted by Crippen LogP contribution is -2.24. The second kappa shape index (κ2) is 3.41. The van der Waals surface area contributed by atoms with Crippen LogP contribution in [0.25, 0.3) is 0 Å². The van der Waals surface area contributed by atoms with Gasteiger partial charge in [0.25, 0.3) is 0 Å². The van der Waals surface area contributed by atoms with Crippen molar-refractivity contribution in [3.8, 4) is 0 Å². The molecule has 0 fully saturated rings. The summed E-state index contributed by atoms with van der Waals surface area (Å²) < 4.78 is 0. The van der Waals surface area contributed by atoms with Crippen molar-refractivity contribution in [2.24, 2.45) is 17.3 Å². The Morgan fingerprint density at radius 1 is 1.10 bits per heavy atom. The van der Waals surface area contributed by atoms with Crippen LogP contribution in [0.4, 0.5) is 0 Å². The largest absolute Gasteiger partial charge is 0.0651 e. The van der Waals surface area contributed by atoms with Crippen LogP contribution in [-0.2, 0) is 0 Å². The van der Waals surface area contributed by atoms with E-state index in [1.165, 1.54) is 6.42 Å². The van der Waals surface area contributed by atoms with Crippen molar-refractivity contribution in [1.82, 2.24) is 0 Å². The predicted molar refractivity (Wildman–Crippen MR) is 48.1 cm³/mol. The highest BCUT2D eigenvalue weighted by Crippen LogP contribution is 2.33. The molecule has 0 amide bonds. The molecule has 0 unspecified atom stereocenters. The Morgan fingerprint density at radius 2 is 1.50 bits per heavy atom. The SMILES string of the molecule is CC[C@@H](C(C)C)C(C)(C)C. The Labute approximate surface area is 66.0 Å². The zero-order valence-electron chi connectivity index (χ0n) is 8.36. The van der Waals surface area contributed by atoms with Gasteiger partial charge in [-0.2, -0.15) is 0 Å². The quantitative estimate of drug-likeness (QED) is 0.551. The van der Waals surface area contributed by atoms with E-state index >= 15 is 0 Å². The molecule has 0 N–H and O–H groups in total. The highest BCUT2D eigenvalue weighted by molar-refractivity contribution is 4.74. The van der Waals surface area contributed by atoms with Crippen LogP contribution in [0.1, 0.15) is 48.0 Å². The Bertz CT molecular complexity index is 84.7. The van der Waals surface area contributed by atoms with E-state index in [2.05, 4.69) is 41.5 Å². The molecule has 0 aliphatic heterocycles. The average molecular weight is 142 g/mol. The van der Waals surface area contributed by atoms with E-state index in [0.717, 1.165) is 11.8 Å². The number of hydrogen-bond donors (Lipinski definition) is 0. The Kier molecular flexibility index (Phi) is 3.41. The maximum absolute atomic E-state index is 2.33. The van der Waals surface area contributed by atoms with Gasteiger partial charge < -0.3 is 0 Å². The minimum atomic E-state index is 0.489. The molecule has 0 heterocycles. The van der Waals surface area contributed by atoms with Crippen molar-refractivity contribution < 1.29 is 0 Å². The topological polar surface area (TPSA) is 0 Å². The molecule has 0 aliphatic rings. The molecule has 0 rings (SSSR count). The minimum Gasteiger partial charge on any atom is -0.0651 e. The monoisotopic (exact) mass is 142 g/mol. The molecule has 10 heavy (non-hydrogen) atoms. The van der Waals surface area contributed by atoms with Gasteiger partial charge in [0.15, 0.2) is 0 Å². The summed E-state index contributed by atoms with van der Waals surface area (Å²) in [6.45, 7) is 13.9. The maximum Gasteiger partial charge on any atom is -0.0345 e. The van der Waals surface area contributed by atoms with E-state index < -0.39 is 0 Å². The zero-order chi connectivity index (χ0) is 8.36. The molecule has 0 spiro atoms. The molecule has 0 saturated heterocycles. The third-order valence-electron chi connectivity index (χ3n) is 2.36. The first-order valence-corrected chi connectivity index (χ1v) is 4.39. The molecule has 62 valence electrons. The fourth-order valence-corrected chi connectivity index (χ4v) is 2.08. The lowest BCUT2D eigenvalue weighted by molar-refractivity contribution is 0.172. The molecule has 0 aromatic carbocycles. The molecule has 0 bridgehead atoms. The number of hydrogen-bond acceptors (Lipinski definition) is 0. The van der Waals surface area contributed by atoms with E-state index in [1.807, 2.05) is 0 Å². The Balaban J connectivity index is 4.07. The summed E-state index contributed by atoms with van der Waals surface area (Å²) in [6, 6.07) is 0. The lowest BCUT2D eigenvalue weighted by Gasteiger charge is -2.33. The summed E-state index contributed by atoms with van der Waals surface area (Å²) in [5, 5.41) is 0. The Hall–Kier alpha value is 0. The van der Waals surface area contributed by atoms with Gasteiger partial charge in [0.2, 0.25) is 0 Å². The lowest BCUT2D eigenvalue weighted by atomic mass is 9.73. The van der Waals surface area contributed by atoms with Crippen LogP contribution in [0.2, 0.25) is 0 Å². The normalized spacial score (nSPS) is 15.9. The van der Waals surface area contributed by atoms with Crippen molar-refractivity contribution in [1.29, 1.82) is 0 Å². The summed E-state index contributed by atoms with van der Waals surface area (Å²) in [6.07, 6.45) is 1.31. The van der Waals surface area contributed by atoms with Gasteiger partial charge in [0.05, 0.1) is 0 Å². The molecule has 0 aliphatic carbocycles. The van der Waals surface area contributed by atoms with Crippen LogP contribution in [0.5, 0.6) is 0 Å². The second-order valence-corrected chi connectivity index (χ2v) is 4.62. The first kappa shape index (κ1) is 10.0. The van der Waals surface area contributed by atoms with Gasteiger partial charge in [-0.25, -0.2) is 0 Å². The molecular weight excluding hydrogens is 120 g/mol. The fourth-order valence-electron chi connectivity index (χ4n) is 2.08. The summed E-state index contributed by atoms with van der Waals surface area (Å²) in [5.41, 5.74) is 0.489. The highest BCUT2D eigenvalue weighted by atomic mass is 14.3. The van der Waals surface area contributed by atoms with Crippen molar-refractivity contribution in [2.45, 2.75) is 48.0 Å². The van der Waals surface area contributed by atoms with Crippen molar-refractivity contribution >= 4 is 0 Å². The van der Waals surface area contributed by atoms with Crippen LogP contribution in [-0.4, -0.2) is 0 Å². The highest BCUT2D eigenvalue weighted by Gasteiger charge is 2.24. The van der Waals surface area contributed by atoms with Gasteiger partial charge in [-0.15, -0.1) is 0 Å². The van der Waals surface area contributed by atoms with Crippen LogP contribution < -0.4 is 0 Å². The van der Waals surface area contributed by atoms with Crippen LogP contribution in [0.15, 0.2) is 0 Å². The van der Waals surface area contributed by atoms with Gasteiger partial charge in [-0.3, -0.25) is 0 Å². The molecule has 0 aromatic heterocycles. The standard InChI is InChI=1S/C10H22/c1-7-9(8(2)3)10(4,5)6/h8-9H,7H2,1-6H3/t9-/m0/s1. The average Bonchev–Trinajstić information content (AvgIpc) is 1.60. The van der Waals surface area contributed by atoms with E-state index in [9.17, 15) is 0 Å². The second-order valence-electron chi connectivity index (χ2n) is 4.62. The molecule has 0 saturated carbocycles. The Morgan fingerprint density at radius 3 is 1.50 bits per heavy atom. The van der Waals surface area contributed by atoms with Gasteiger partial charge in [-0.1, -0.05) is 48.0 Å². The smallest absolute Gasteiger partial charge is 0.0345 e. The van der Waals surface area contributed by atoms with Crippen molar-refractivity contribution in [2.75, 3.05) is 0 Å². The molecule has 0 radical (unpaired) electrons. The molecule has 0 heteroatoms. The molecule has 0 nitrogen and oxygen atoms in total. The van der Waals surface area contributed by atoms with E-state index in [4.69, 9.17) is 0 Å². The predicted octanol–water partition coefficient (Wildman–Crippen LogP) is 3.71. The van der Waals surface area contributed by atoms with E-state index in [-0.39, 0.29) is 0 Å². The number of rotatable bonds is 2. The van der Waals surface area contributed by atoms with Crippen LogP contribution in [0, 0.1) is 17.3 Å². The summed E-state index contributed by atoms with van der Waals surface area (Å²) in [7, 11) is 0. The summed E-state index contributed by atoms with van der Waals surface area (Å²) in [5.74, 6) is 1.69. The third-order valence-corrected chi connectivity index (χ3v) is 2.36. The molecule has 0 aromatic rings. The first-order valence-electron chi connectivity index (χ1n) is 4.39. The minimum absolute atomic E-state index is 0.489. The van der Waals surface area contributed by atoms with E-state index in [0.29, 0.717) is 5.41 Å². The summed E-state index contributed by atoms with van der Waals surface area (Å²) >= 11 is 0. The molecular formula is C10H22. The van der Waals surface area contributed by atoms with Gasteiger partial charge in [0.1, 0.15) is 0 Å². The van der Waals surface area contributed by atoms with Gasteiger partial charge in [-0.05, 0) is 17.3 Å².